The molecule has 0 saturated carbocycles. The first-order valence-electron chi connectivity index (χ1n) is 7.74. The third-order valence-corrected chi connectivity index (χ3v) is 6.01. The maximum atomic E-state index is 12.5. The van der Waals surface area contributed by atoms with E-state index in [1.807, 2.05) is 32.8 Å². The summed E-state index contributed by atoms with van der Waals surface area (Å²) >= 11 is 0. The lowest BCUT2D eigenvalue weighted by molar-refractivity contribution is 0.270. The number of rotatable bonds is 8. The van der Waals surface area contributed by atoms with Gasteiger partial charge in [0.1, 0.15) is 0 Å². The van der Waals surface area contributed by atoms with Crippen molar-refractivity contribution in [1.82, 2.24) is 14.5 Å². The molecule has 0 aromatic rings. The van der Waals surface area contributed by atoms with E-state index in [1.54, 1.807) is 4.31 Å². The maximum Gasteiger partial charge on any atom is 0.214 e. The van der Waals surface area contributed by atoms with Crippen LogP contribution in [0.3, 0.4) is 0 Å². The van der Waals surface area contributed by atoms with Gasteiger partial charge in [0, 0.05) is 25.2 Å². The molecule has 5 nitrogen and oxygen atoms in total. The lowest BCUT2D eigenvalue weighted by Gasteiger charge is -2.30. The predicted molar refractivity (Wildman–Crippen MR) is 84.4 cm³/mol. The fourth-order valence-electron chi connectivity index (χ4n) is 2.98. The number of sulfonamides is 1. The van der Waals surface area contributed by atoms with E-state index >= 15 is 0 Å². The standard InChI is InChI=1S/C14H31N3O2S/c1-5-17(13(2)12-16(3)4)20(18,19)11-9-14-8-6-7-10-15-14/h13-15H,5-12H2,1-4H3. The summed E-state index contributed by atoms with van der Waals surface area (Å²) in [6.45, 7) is 6.24. The van der Waals surface area contributed by atoms with Gasteiger partial charge in [-0.2, -0.15) is 4.31 Å². The first-order valence-corrected chi connectivity index (χ1v) is 9.35. The summed E-state index contributed by atoms with van der Waals surface area (Å²) in [5.41, 5.74) is 0. The van der Waals surface area contributed by atoms with Crippen molar-refractivity contribution >= 4 is 10.0 Å². The molecule has 120 valence electrons. The van der Waals surface area contributed by atoms with Crippen LogP contribution in [-0.4, -0.2) is 69.2 Å². The molecule has 2 atom stereocenters. The lowest BCUT2D eigenvalue weighted by Crippen LogP contribution is -2.45. The Morgan fingerprint density at radius 1 is 1.30 bits per heavy atom. The summed E-state index contributed by atoms with van der Waals surface area (Å²) in [6.07, 6.45) is 4.26. The molecule has 1 aliphatic heterocycles. The minimum absolute atomic E-state index is 0.0271. The zero-order chi connectivity index (χ0) is 15.2. The van der Waals surface area contributed by atoms with Gasteiger partial charge >= 0.3 is 0 Å². The van der Waals surface area contributed by atoms with Gasteiger partial charge in [0.05, 0.1) is 5.75 Å². The van der Waals surface area contributed by atoms with Crippen LogP contribution in [0, 0.1) is 0 Å². The highest BCUT2D eigenvalue weighted by atomic mass is 32.2. The highest BCUT2D eigenvalue weighted by Gasteiger charge is 2.27. The van der Waals surface area contributed by atoms with E-state index in [2.05, 4.69) is 5.32 Å². The van der Waals surface area contributed by atoms with E-state index in [9.17, 15) is 8.42 Å². The van der Waals surface area contributed by atoms with E-state index in [-0.39, 0.29) is 11.8 Å². The minimum Gasteiger partial charge on any atom is -0.314 e. The molecule has 1 N–H and O–H groups in total. The number of hydrogen-bond donors (Lipinski definition) is 1. The largest absolute Gasteiger partial charge is 0.314 e. The fraction of sp³-hybridized carbons (Fsp3) is 1.00. The van der Waals surface area contributed by atoms with Crippen LogP contribution in [0.2, 0.25) is 0 Å². The van der Waals surface area contributed by atoms with Crippen LogP contribution in [0.4, 0.5) is 0 Å². The molecule has 0 aliphatic carbocycles. The van der Waals surface area contributed by atoms with Gasteiger partial charge in [0.15, 0.2) is 0 Å². The molecule has 0 radical (unpaired) electrons. The number of likely N-dealkylation sites (N-methyl/N-ethyl adjacent to an activating group) is 2. The zero-order valence-corrected chi connectivity index (χ0v) is 14.2. The molecule has 0 aromatic heterocycles. The van der Waals surface area contributed by atoms with E-state index in [0.717, 1.165) is 25.9 Å². The van der Waals surface area contributed by atoms with Crippen LogP contribution in [-0.2, 0) is 10.0 Å². The Balaban J connectivity index is 2.54. The second kappa shape index (κ2) is 8.32. The molecule has 6 heteroatoms. The third kappa shape index (κ3) is 5.68. The SMILES string of the molecule is CCN(C(C)CN(C)C)S(=O)(=O)CCC1CCCCN1. The van der Waals surface area contributed by atoms with Crippen molar-refractivity contribution in [3.05, 3.63) is 0 Å². The molecule has 1 aliphatic rings. The summed E-state index contributed by atoms with van der Waals surface area (Å²) in [7, 11) is 0.800. The summed E-state index contributed by atoms with van der Waals surface area (Å²) in [6, 6.07) is 0.403. The summed E-state index contributed by atoms with van der Waals surface area (Å²) in [5.74, 6) is 0.260. The molecule has 2 unspecified atom stereocenters. The Hall–Kier alpha value is -0.170. The number of nitrogens with zero attached hydrogens (tertiary/aromatic N) is 2. The molecule has 1 rings (SSSR count). The monoisotopic (exact) mass is 305 g/mol. The predicted octanol–water partition coefficient (Wildman–Crippen LogP) is 1.12. The van der Waals surface area contributed by atoms with Gasteiger partial charge in [-0.25, -0.2) is 8.42 Å². The van der Waals surface area contributed by atoms with Crippen molar-refractivity contribution in [2.75, 3.05) is 39.5 Å². The molecule has 1 saturated heterocycles. The van der Waals surface area contributed by atoms with Gasteiger partial charge in [-0.05, 0) is 46.8 Å². The molecule has 1 fully saturated rings. The minimum atomic E-state index is -3.15. The Morgan fingerprint density at radius 3 is 2.50 bits per heavy atom. The van der Waals surface area contributed by atoms with Gasteiger partial charge in [-0.3, -0.25) is 0 Å². The zero-order valence-electron chi connectivity index (χ0n) is 13.4. The molecular formula is C14H31N3O2S. The summed E-state index contributed by atoms with van der Waals surface area (Å²) in [4.78, 5) is 2.03. The van der Waals surface area contributed by atoms with E-state index < -0.39 is 10.0 Å². The van der Waals surface area contributed by atoms with Crippen molar-refractivity contribution in [3.63, 3.8) is 0 Å². The van der Waals surface area contributed by atoms with Gasteiger partial charge in [-0.15, -0.1) is 0 Å². The van der Waals surface area contributed by atoms with Crippen LogP contribution in [0.25, 0.3) is 0 Å². The highest BCUT2D eigenvalue weighted by molar-refractivity contribution is 7.89. The average Bonchev–Trinajstić information content (AvgIpc) is 2.37. The molecule has 0 aromatic carbocycles. The van der Waals surface area contributed by atoms with Crippen LogP contribution in [0.5, 0.6) is 0 Å². The average molecular weight is 305 g/mol. The number of hydrogen-bond acceptors (Lipinski definition) is 4. The fourth-order valence-corrected chi connectivity index (χ4v) is 4.81. The molecule has 20 heavy (non-hydrogen) atoms. The van der Waals surface area contributed by atoms with E-state index in [0.29, 0.717) is 12.6 Å². The van der Waals surface area contributed by atoms with Gasteiger partial charge < -0.3 is 10.2 Å². The van der Waals surface area contributed by atoms with Gasteiger partial charge in [0.2, 0.25) is 10.0 Å². The second-order valence-electron chi connectivity index (χ2n) is 6.07. The Morgan fingerprint density at radius 2 is 2.00 bits per heavy atom. The van der Waals surface area contributed by atoms with Crippen molar-refractivity contribution in [1.29, 1.82) is 0 Å². The smallest absolute Gasteiger partial charge is 0.214 e. The van der Waals surface area contributed by atoms with Crippen LogP contribution >= 0.6 is 0 Å². The lowest BCUT2D eigenvalue weighted by atomic mass is 10.0. The van der Waals surface area contributed by atoms with Gasteiger partial charge in [0.25, 0.3) is 0 Å². The van der Waals surface area contributed by atoms with Crippen LogP contribution in [0.1, 0.15) is 39.5 Å². The van der Waals surface area contributed by atoms with Crippen molar-refractivity contribution in [2.24, 2.45) is 0 Å². The Labute approximate surface area is 124 Å². The normalized spacial score (nSPS) is 22.4. The van der Waals surface area contributed by atoms with Gasteiger partial charge in [-0.1, -0.05) is 13.3 Å². The van der Waals surface area contributed by atoms with E-state index in [4.69, 9.17) is 0 Å². The number of nitrogens with one attached hydrogen (secondary N) is 1. The highest BCUT2D eigenvalue weighted by Crippen LogP contribution is 2.14. The van der Waals surface area contributed by atoms with Crippen LogP contribution < -0.4 is 5.32 Å². The Bertz CT molecular complexity index is 365. The van der Waals surface area contributed by atoms with Crippen LogP contribution in [0.15, 0.2) is 0 Å². The topological polar surface area (TPSA) is 52.7 Å². The molecule has 0 amide bonds. The van der Waals surface area contributed by atoms with Crippen molar-refractivity contribution in [3.8, 4) is 0 Å². The second-order valence-corrected chi connectivity index (χ2v) is 8.11. The first kappa shape index (κ1) is 17.9. The van der Waals surface area contributed by atoms with Crippen molar-refractivity contribution < 1.29 is 8.42 Å². The summed E-state index contributed by atoms with van der Waals surface area (Å²) in [5, 5.41) is 3.42. The maximum absolute atomic E-state index is 12.5. The number of piperidine rings is 1. The molecule has 0 bridgehead atoms. The molecule has 1 heterocycles. The van der Waals surface area contributed by atoms with Crippen molar-refractivity contribution in [2.45, 2.75) is 51.6 Å². The molecule has 0 spiro atoms. The summed E-state index contributed by atoms with van der Waals surface area (Å²) < 4.78 is 26.7. The first-order chi connectivity index (χ1) is 9.36. The van der Waals surface area contributed by atoms with E-state index in [1.165, 1.54) is 12.8 Å². The quantitative estimate of drug-likeness (QED) is 0.730. The molecular weight excluding hydrogens is 274 g/mol. The third-order valence-electron chi connectivity index (χ3n) is 3.93. The Kier molecular flexibility index (Phi) is 7.43.